The zero-order valence-corrected chi connectivity index (χ0v) is 13.1. The quantitative estimate of drug-likeness (QED) is 0.390. The maximum atomic E-state index is 12.0. The molecular weight excluding hydrogens is 314 g/mol. The fourth-order valence-corrected chi connectivity index (χ4v) is 1.70. The molecule has 1 heterocycles. The predicted molar refractivity (Wildman–Crippen MR) is 85.3 cm³/mol. The first kappa shape index (κ1) is 16.9. The minimum absolute atomic E-state index is 0.254. The van der Waals surface area contributed by atoms with E-state index in [-0.39, 0.29) is 5.75 Å². The van der Waals surface area contributed by atoms with Crippen molar-refractivity contribution in [2.75, 3.05) is 14.2 Å². The van der Waals surface area contributed by atoms with Crippen molar-refractivity contribution in [2.24, 2.45) is 5.10 Å². The molecule has 0 radical (unpaired) electrons. The van der Waals surface area contributed by atoms with Crippen LogP contribution in [0.3, 0.4) is 0 Å². The highest BCUT2D eigenvalue weighted by Gasteiger charge is 2.12. The minimum Gasteiger partial charge on any atom is -0.493 e. The fourth-order valence-electron chi connectivity index (χ4n) is 1.70. The number of methoxy groups -OCH3 is 2. The summed E-state index contributed by atoms with van der Waals surface area (Å²) < 4.78 is 14.9. The van der Waals surface area contributed by atoms with E-state index < -0.39 is 12.1 Å². The van der Waals surface area contributed by atoms with Crippen LogP contribution < -0.4 is 14.9 Å². The largest absolute Gasteiger partial charge is 0.493 e. The second kappa shape index (κ2) is 8.28. The van der Waals surface area contributed by atoms with Gasteiger partial charge in [-0.15, -0.1) is 0 Å². The average Bonchev–Trinajstić information content (AvgIpc) is 2.63. The Labute approximate surface area is 138 Å². The van der Waals surface area contributed by atoms with Crippen molar-refractivity contribution in [3.05, 3.63) is 53.9 Å². The molecule has 8 heteroatoms. The van der Waals surface area contributed by atoms with Crippen LogP contribution in [0.4, 0.5) is 4.79 Å². The highest BCUT2D eigenvalue weighted by Crippen LogP contribution is 2.28. The molecule has 1 N–H and O–H groups in total. The highest BCUT2D eigenvalue weighted by molar-refractivity contribution is 5.91. The van der Waals surface area contributed by atoms with Crippen LogP contribution in [-0.4, -0.2) is 37.5 Å². The Morgan fingerprint density at radius 3 is 2.71 bits per heavy atom. The summed E-state index contributed by atoms with van der Waals surface area (Å²) in [6, 6.07) is 8.06. The van der Waals surface area contributed by atoms with Gasteiger partial charge in [0.15, 0.2) is 11.5 Å². The Balaban J connectivity index is 2.11. The second-order valence-electron chi connectivity index (χ2n) is 4.40. The molecule has 2 aromatic rings. The lowest BCUT2D eigenvalue weighted by atomic mass is 10.2. The van der Waals surface area contributed by atoms with Crippen molar-refractivity contribution in [1.29, 1.82) is 0 Å². The lowest BCUT2D eigenvalue weighted by Crippen LogP contribution is -2.16. The maximum absolute atomic E-state index is 12.0. The molecule has 0 aliphatic rings. The number of benzene rings is 1. The van der Waals surface area contributed by atoms with E-state index in [0.29, 0.717) is 16.9 Å². The molecule has 0 atom stereocenters. The standard InChI is InChI=1S/C16H15N3O5/c1-22-14-8-11(9-18-19-16(21)23-2)5-6-13(14)24-15(20)12-4-3-7-17-10-12/h3-10H,1-2H3,(H,19,21). The van der Waals surface area contributed by atoms with Gasteiger partial charge in [-0.2, -0.15) is 5.10 Å². The first-order chi connectivity index (χ1) is 11.6. The van der Waals surface area contributed by atoms with Crippen molar-refractivity contribution in [2.45, 2.75) is 0 Å². The molecule has 1 amide bonds. The third-order valence-corrected chi connectivity index (χ3v) is 2.84. The van der Waals surface area contributed by atoms with Gasteiger partial charge in [-0.05, 0) is 35.9 Å². The minimum atomic E-state index is -0.680. The van der Waals surface area contributed by atoms with E-state index in [4.69, 9.17) is 9.47 Å². The number of rotatable bonds is 5. The lowest BCUT2D eigenvalue weighted by molar-refractivity contribution is 0.0729. The van der Waals surface area contributed by atoms with Crippen LogP contribution in [0, 0.1) is 0 Å². The topological polar surface area (TPSA) is 99.1 Å². The molecule has 0 spiro atoms. The Bertz CT molecular complexity index is 747. The van der Waals surface area contributed by atoms with Crippen LogP contribution in [0.2, 0.25) is 0 Å². The summed E-state index contributed by atoms with van der Waals surface area (Å²) in [5.74, 6) is 0.0499. The summed E-state index contributed by atoms with van der Waals surface area (Å²) in [6.45, 7) is 0. The monoisotopic (exact) mass is 329 g/mol. The summed E-state index contributed by atoms with van der Waals surface area (Å²) in [4.78, 5) is 26.8. The van der Waals surface area contributed by atoms with Gasteiger partial charge in [0.25, 0.3) is 0 Å². The van der Waals surface area contributed by atoms with Gasteiger partial charge in [0, 0.05) is 12.4 Å². The van der Waals surface area contributed by atoms with Crippen LogP contribution in [0.25, 0.3) is 0 Å². The third kappa shape index (κ3) is 4.54. The Hall–Kier alpha value is -3.42. The van der Waals surface area contributed by atoms with E-state index >= 15 is 0 Å². The van der Waals surface area contributed by atoms with E-state index in [2.05, 4.69) is 20.2 Å². The van der Waals surface area contributed by atoms with Crippen LogP contribution in [0.1, 0.15) is 15.9 Å². The van der Waals surface area contributed by atoms with Gasteiger partial charge < -0.3 is 14.2 Å². The number of hydrogen-bond acceptors (Lipinski definition) is 7. The molecule has 2 rings (SSSR count). The SMILES string of the molecule is COC(=O)NN=Cc1ccc(OC(=O)c2cccnc2)c(OC)c1. The molecule has 8 nitrogen and oxygen atoms in total. The zero-order chi connectivity index (χ0) is 17.4. The van der Waals surface area contributed by atoms with Gasteiger partial charge in [0.2, 0.25) is 0 Å². The van der Waals surface area contributed by atoms with Crippen molar-refractivity contribution in [1.82, 2.24) is 10.4 Å². The molecule has 0 saturated heterocycles. The van der Waals surface area contributed by atoms with Gasteiger partial charge in [0.1, 0.15) is 0 Å². The Morgan fingerprint density at radius 2 is 2.04 bits per heavy atom. The third-order valence-electron chi connectivity index (χ3n) is 2.84. The number of esters is 1. The molecule has 0 fully saturated rings. The number of pyridine rings is 1. The van der Waals surface area contributed by atoms with Crippen molar-refractivity contribution >= 4 is 18.3 Å². The molecule has 124 valence electrons. The van der Waals surface area contributed by atoms with E-state index in [1.807, 2.05) is 0 Å². The van der Waals surface area contributed by atoms with Gasteiger partial charge in [-0.1, -0.05) is 0 Å². The molecule has 0 aliphatic heterocycles. The zero-order valence-electron chi connectivity index (χ0n) is 13.1. The molecular formula is C16H15N3O5. The van der Waals surface area contributed by atoms with E-state index in [9.17, 15) is 9.59 Å². The highest BCUT2D eigenvalue weighted by atomic mass is 16.6. The molecule has 0 saturated carbocycles. The summed E-state index contributed by atoms with van der Waals surface area (Å²) in [7, 11) is 2.68. The number of ether oxygens (including phenoxy) is 3. The summed E-state index contributed by atoms with van der Waals surface area (Å²) in [5.41, 5.74) is 3.12. The van der Waals surface area contributed by atoms with Crippen LogP contribution in [0.15, 0.2) is 47.8 Å². The van der Waals surface area contributed by atoms with Gasteiger partial charge in [0.05, 0.1) is 26.0 Å². The molecule has 0 aliphatic carbocycles. The van der Waals surface area contributed by atoms with Gasteiger partial charge in [-0.25, -0.2) is 15.0 Å². The molecule has 0 unspecified atom stereocenters. The number of hydrogen-bond donors (Lipinski definition) is 1. The first-order valence-corrected chi connectivity index (χ1v) is 6.81. The number of carbonyl (C=O) groups is 2. The normalized spacial score (nSPS) is 10.2. The van der Waals surface area contributed by atoms with E-state index in [0.717, 1.165) is 0 Å². The van der Waals surface area contributed by atoms with Crippen LogP contribution in [0.5, 0.6) is 11.5 Å². The fraction of sp³-hybridized carbons (Fsp3) is 0.125. The molecule has 1 aromatic heterocycles. The molecule has 24 heavy (non-hydrogen) atoms. The Morgan fingerprint density at radius 1 is 1.21 bits per heavy atom. The van der Waals surface area contributed by atoms with Gasteiger partial charge in [-0.3, -0.25) is 4.98 Å². The number of nitrogens with one attached hydrogen (secondary N) is 1. The number of amides is 1. The maximum Gasteiger partial charge on any atom is 0.427 e. The number of hydrazone groups is 1. The summed E-state index contributed by atoms with van der Waals surface area (Å²) in [6.07, 6.45) is 3.69. The molecule has 1 aromatic carbocycles. The number of carbonyl (C=O) groups excluding carboxylic acids is 2. The second-order valence-corrected chi connectivity index (χ2v) is 4.40. The predicted octanol–water partition coefficient (Wildman–Crippen LogP) is 2.00. The number of nitrogens with zero attached hydrogens (tertiary/aromatic N) is 2. The smallest absolute Gasteiger partial charge is 0.427 e. The molecule has 0 bridgehead atoms. The first-order valence-electron chi connectivity index (χ1n) is 6.81. The van der Waals surface area contributed by atoms with Gasteiger partial charge >= 0.3 is 12.1 Å². The summed E-state index contributed by atoms with van der Waals surface area (Å²) >= 11 is 0. The van der Waals surface area contributed by atoms with Crippen molar-refractivity contribution in [3.63, 3.8) is 0 Å². The average molecular weight is 329 g/mol. The lowest BCUT2D eigenvalue weighted by Gasteiger charge is -2.09. The Kier molecular flexibility index (Phi) is 5.84. The van der Waals surface area contributed by atoms with Crippen molar-refractivity contribution < 1.29 is 23.8 Å². The summed E-state index contributed by atoms with van der Waals surface area (Å²) in [5, 5.41) is 3.70. The van der Waals surface area contributed by atoms with E-state index in [1.165, 1.54) is 26.6 Å². The van der Waals surface area contributed by atoms with Crippen LogP contribution >= 0.6 is 0 Å². The van der Waals surface area contributed by atoms with Crippen LogP contribution in [-0.2, 0) is 4.74 Å². The van der Waals surface area contributed by atoms with E-state index in [1.54, 1.807) is 36.5 Å². The number of aromatic nitrogens is 1. The van der Waals surface area contributed by atoms with Crippen molar-refractivity contribution in [3.8, 4) is 11.5 Å².